The molecule has 4 rings (SSSR count). The summed E-state index contributed by atoms with van der Waals surface area (Å²) in [5.41, 5.74) is 2.98. The van der Waals surface area contributed by atoms with Gasteiger partial charge in [0.25, 0.3) is 0 Å². The van der Waals surface area contributed by atoms with Crippen molar-refractivity contribution in [2.45, 2.75) is 20.8 Å². The summed E-state index contributed by atoms with van der Waals surface area (Å²) in [7, 11) is 0. The molecule has 1 saturated carbocycles. The lowest BCUT2D eigenvalue weighted by molar-refractivity contribution is 0.309. The van der Waals surface area contributed by atoms with Gasteiger partial charge in [-0.2, -0.15) is 0 Å². The van der Waals surface area contributed by atoms with Gasteiger partial charge in [-0.3, -0.25) is 0 Å². The van der Waals surface area contributed by atoms with E-state index in [1.54, 1.807) is 6.26 Å². The van der Waals surface area contributed by atoms with Gasteiger partial charge in [0.15, 0.2) is 0 Å². The van der Waals surface area contributed by atoms with Gasteiger partial charge in [0.05, 0.1) is 6.26 Å². The van der Waals surface area contributed by atoms with Crippen molar-refractivity contribution < 1.29 is 4.42 Å². The molecule has 2 heteroatoms. The number of nitrogens with zero attached hydrogens (tertiary/aromatic N) is 1. The Labute approximate surface area is 126 Å². The minimum Gasteiger partial charge on any atom is -0.464 e. The molecule has 0 radical (unpaired) electrons. The van der Waals surface area contributed by atoms with Gasteiger partial charge >= 0.3 is 0 Å². The van der Waals surface area contributed by atoms with Gasteiger partial charge in [-0.1, -0.05) is 20.8 Å². The second-order valence-electron chi connectivity index (χ2n) is 7.65. The lowest BCUT2D eigenvalue weighted by atomic mass is 9.87. The van der Waals surface area contributed by atoms with Crippen LogP contribution in [-0.2, 0) is 0 Å². The van der Waals surface area contributed by atoms with E-state index in [9.17, 15) is 0 Å². The molecule has 2 fully saturated rings. The van der Waals surface area contributed by atoms with E-state index in [1.165, 1.54) is 18.8 Å². The molecule has 0 spiro atoms. The van der Waals surface area contributed by atoms with Crippen LogP contribution in [0.25, 0.3) is 11.3 Å². The first-order valence-electron chi connectivity index (χ1n) is 7.93. The molecule has 1 aliphatic heterocycles. The Balaban J connectivity index is 1.46. The van der Waals surface area contributed by atoms with Crippen molar-refractivity contribution in [3.63, 3.8) is 0 Å². The molecular formula is C19H23NO. The summed E-state index contributed by atoms with van der Waals surface area (Å²) < 4.78 is 5.45. The fourth-order valence-electron chi connectivity index (χ4n) is 4.30. The molecule has 21 heavy (non-hydrogen) atoms. The third-order valence-electron chi connectivity index (χ3n) is 5.23. The lowest BCUT2D eigenvalue weighted by Crippen LogP contribution is -2.27. The predicted octanol–water partition coefficient (Wildman–Crippen LogP) is 4.67. The topological polar surface area (TPSA) is 16.4 Å². The van der Waals surface area contributed by atoms with E-state index in [4.69, 9.17) is 4.42 Å². The number of benzene rings is 1. The fourth-order valence-corrected chi connectivity index (χ4v) is 4.30. The van der Waals surface area contributed by atoms with Gasteiger partial charge in [-0.15, -0.1) is 0 Å². The standard InChI is InChI=1S/C19H23NO/c1-19(2,3)18-15-11-20(12-16(15)18)14-8-6-13(7-9-14)17-5-4-10-21-17/h4-10,15-16,18H,11-12H2,1-3H3. The van der Waals surface area contributed by atoms with Gasteiger partial charge in [-0.25, -0.2) is 0 Å². The summed E-state index contributed by atoms with van der Waals surface area (Å²) in [4.78, 5) is 2.55. The maximum atomic E-state index is 5.45. The molecular weight excluding hydrogens is 258 g/mol. The third kappa shape index (κ3) is 2.17. The van der Waals surface area contributed by atoms with E-state index in [2.05, 4.69) is 49.9 Å². The van der Waals surface area contributed by atoms with Crippen molar-refractivity contribution in [1.29, 1.82) is 0 Å². The Morgan fingerprint density at radius 2 is 1.67 bits per heavy atom. The first kappa shape index (κ1) is 13.0. The highest BCUT2D eigenvalue weighted by Crippen LogP contribution is 2.60. The van der Waals surface area contributed by atoms with E-state index in [0.717, 1.165) is 29.1 Å². The van der Waals surface area contributed by atoms with Gasteiger partial charge in [0.2, 0.25) is 0 Å². The number of anilines is 1. The molecule has 0 bridgehead atoms. The third-order valence-corrected chi connectivity index (χ3v) is 5.23. The molecule has 2 atom stereocenters. The zero-order chi connectivity index (χ0) is 14.6. The molecule has 110 valence electrons. The van der Waals surface area contributed by atoms with Crippen molar-refractivity contribution in [2.75, 3.05) is 18.0 Å². The second kappa shape index (κ2) is 4.40. The number of fused-ring (bicyclic) bond motifs is 1. The Bertz CT molecular complexity index is 609. The molecule has 2 aliphatic rings. The molecule has 2 unspecified atom stereocenters. The van der Waals surface area contributed by atoms with Crippen LogP contribution in [0.1, 0.15) is 20.8 Å². The normalized spacial score (nSPS) is 27.8. The highest BCUT2D eigenvalue weighted by Gasteiger charge is 2.59. The van der Waals surface area contributed by atoms with Gasteiger partial charge < -0.3 is 9.32 Å². The molecule has 1 aromatic carbocycles. The molecule has 0 amide bonds. The highest BCUT2D eigenvalue weighted by atomic mass is 16.3. The van der Waals surface area contributed by atoms with Crippen molar-refractivity contribution in [3.8, 4) is 11.3 Å². The van der Waals surface area contributed by atoms with Crippen LogP contribution in [0.4, 0.5) is 5.69 Å². The number of piperidine rings is 1. The largest absolute Gasteiger partial charge is 0.464 e. The molecule has 1 saturated heterocycles. The first-order chi connectivity index (χ1) is 10.0. The van der Waals surface area contributed by atoms with E-state index in [1.807, 2.05) is 12.1 Å². The van der Waals surface area contributed by atoms with E-state index >= 15 is 0 Å². The van der Waals surface area contributed by atoms with E-state index < -0.39 is 0 Å². The molecule has 2 nitrogen and oxygen atoms in total. The van der Waals surface area contributed by atoms with Gasteiger partial charge in [0, 0.05) is 24.3 Å². The van der Waals surface area contributed by atoms with Crippen molar-refractivity contribution in [3.05, 3.63) is 42.7 Å². The van der Waals surface area contributed by atoms with E-state index in [-0.39, 0.29) is 0 Å². The summed E-state index contributed by atoms with van der Waals surface area (Å²) in [6.45, 7) is 9.62. The maximum absolute atomic E-state index is 5.45. The van der Waals surface area contributed by atoms with Gasteiger partial charge in [0.1, 0.15) is 5.76 Å². The number of hydrogen-bond acceptors (Lipinski definition) is 2. The SMILES string of the molecule is CC(C)(C)C1C2CN(c3ccc(-c4ccco4)cc3)CC21. The number of furan rings is 1. The van der Waals surface area contributed by atoms with Crippen LogP contribution in [0.15, 0.2) is 47.1 Å². The minimum atomic E-state index is 0.477. The Kier molecular flexibility index (Phi) is 2.72. The van der Waals surface area contributed by atoms with Crippen LogP contribution in [0, 0.1) is 23.2 Å². The monoisotopic (exact) mass is 281 g/mol. The molecule has 0 N–H and O–H groups in total. The average Bonchev–Trinajstić information content (AvgIpc) is 2.87. The average molecular weight is 281 g/mol. The van der Waals surface area contributed by atoms with Crippen LogP contribution in [0.2, 0.25) is 0 Å². The smallest absolute Gasteiger partial charge is 0.133 e. The quantitative estimate of drug-likeness (QED) is 0.795. The van der Waals surface area contributed by atoms with Crippen molar-refractivity contribution in [2.24, 2.45) is 23.2 Å². The van der Waals surface area contributed by atoms with Crippen LogP contribution in [0.3, 0.4) is 0 Å². The summed E-state index contributed by atoms with van der Waals surface area (Å²) in [5, 5.41) is 0. The van der Waals surface area contributed by atoms with Crippen LogP contribution >= 0.6 is 0 Å². The summed E-state index contributed by atoms with van der Waals surface area (Å²) in [5.74, 6) is 3.69. The highest BCUT2D eigenvalue weighted by molar-refractivity contribution is 5.62. The Hall–Kier alpha value is -1.70. The lowest BCUT2D eigenvalue weighted by Gasteiger charge is -2.27. The maximum Gasteiger partial charge on any atom is 0.133 e. The second-order valence-corrected chi connectivity index (χ2v) is 7.65. The molecule has 2 aromatic rings. The van der Waals surface area contributed by atoms with Crippen LogP contribution < -0.4 is 4.90 Å². The van der Waals surface area contributed by atoms with Crippen molar-refractivity contribution >= 4 is 5.69 Å². The summed E-state index contributed by atoms with van der Waals surface area (Å²) >= 11 is 0. The number of hydrogen-bond donors (Lipinski definition) is 0. The van der Waals surface area contributed by atoms with Crippen LogP contribution in [0.5, 0.6) is 0 Å². The Morgan fingerprint density at radius 3 is 2.19 bits per heavy atom. The zero-order valence-corrected chi connectivity index (χ0v) is 13.0. The fraction of sp³-hybridized carbons (Fsp3) is 0.474. The Morgan fingerprint density at radius 1 is 1.00 bits per heavy atom. The predicted molar refractivity (Wildman–Crippen MR) is 86.3 cm³/mol. The summed E-state index contributed by atoms with van der Waals surface area (Å²) in [6.07, 6.45) is 1.73. The van der Waals surface area contributed by atoms with E-state index in [0.29, 0.717) is 5.41 Å². The molecule has 1 aromatic heterocycles. The minimum absolute atomic E-state index is 0.477. The summed E-state index contributed by atoms with van der Waals surface area (Å²) in [6, 6.07) is 12.7. The van der Waals surface area contributed by atoms with Gasteiger partial charge in [-0.05, 0) is 59.6 Å². The van der Waals surface area contributed by atoms with Crippen molar-refractivity contribution in [1.82, 2.24) is 0 Å². The zero-order valence-electron chi connectivity index (χ0n) is 13.0. The number of rotatable bonds is 2. The first-order valence-corrected chi connectivity index (χ1v) is 7.93. The van der Waals surface area contributed by atoms with Crippen LogP contribution in [-0.4, -0.2) is 13.1 Å². The molecule has 1 aliphatic carbocycles. The molecule has 2 heterocycles.